The Bertz CT molecular complexity index is 1190. The molecule has 0 saturated carbocycles. The normalized spacial score (nSPS) is 12.1. The third-order valence-corrected chi connectivity index (χ3v) is 4.53. The van der Waals surface area contributed by atoms with E-state index in [1.165, 1.54) is 10.8 Å². The van der Waals surface area contributed by atoms with Gasteiger partial charge in [-0.25, -0.2) is 9.78 Å². The molecule has 2 N–H and O–H groups in total. The van der Waals surface area contributed by atoms with Crippen molar-refractivity contribution >= 4 is 27.8 Å². The number of benzene rings is 3. The average molecular weight is 432 g/mol. The molecule has 4 rings (SSSR count). The molecule has 0 aliphatic rings. The first-order valence-corrected chi connectivity index (χ1v) is 10.6. The number of carboxylic acid groups (broad SMARTS) is 1. The number of nitrogens with zero attached hydrogens (tertiary/aromatic N) is 1. The van der Waals surface area contributed by atoms with Gasteiger partial charge in [0.2, 0.25) is 5.89 Å². The van der Waals surface area contributed by atoms with Crippen LogP contribution in [-0.4, -0.2) is 27.3 Å². The largest absolute Gasteiger partial charge is 0.479 e. The molecule has 4 aromatic rings. The van der Waals surface area contributed by atoms with Gasteiger partial charge in [-0.1, -0.05) is 74.5 Å². The van der Waals surface area contributed by atoms with Gasteiger partial charge in [0.25, 0.3) is 0 Å². The zero-order valence-corrected chi connectivity index (χ0v) is 18.8. The Hall–Kier alpha value is -3.70. The first-order valence-electron chi connectivity index (χ1n) is 10.6. The Morgan fingerprint density at radius 2 is 1.62 bits per heavy atom. The summed E-state index contributed by atoms with van der Waals surface area (Å²) in [6, 6.07) is 22.4. The molecule has 32 heavy (non-hydrogen) atoms. The number of fused-ring (bicyclic) bond motifs is 2. The van der Waals surface area contributed by atoms with Crippen LogP contribution < -0.4 is 0 Å². The second-order valence-electron chi connectivity index (χ2n) is 6.58. The second kappa shape index (κ2) is 12.2. The molecule has 166 valence electrons. The Kier molecular flexibility index (Phi) is 9.39. The maximum atomic E-state index is 10.2. The van der Waals surface area contributed by atoms with Crippen molar-refractivity contribution in [1.29, 1.82) is 0 Å². The van der Waals surface area contributed by atoms with Crippen LogP contribution in [0.15, 0.2) is 94.9 Å². The van der Waals surface area contributed by atoms with Gasteiger partial charge in [-0.05, 0) is 54.5 Å². The molecule has 1 aromatic heterocycles. The van der Waals surface area contributed by atoms with Gasteiger partial charge >= 0.3 is 5.97 Å². The summed E-state index contributed by atoms with van der Waals surface area (Å²) < 4.78 is 5.79. The maximum Gasteiger partial charge on any atom is 0.337 e. The zero-order chi connectivity index (χ0) is 23.5. The highest BCUT2D eigenvalue weighted by molar-refractivity contribution is 5.87. The van der Waals surface area contributed by atoms with Gasteiger partial charge in [-0.2, -0.15) is 0 Å². The lowest BCUT2D eigenvalue weighted by Crippen LogP contribution is -2.20. The fourth-order valence-corrected chi connectivity index (χ4v) is 3.00. The summed E-state index contributed by atoms with van der Waals surface area (Å²) in [6.07, 6.45) is 3.41. The van der Waals surface area contributed by atoms with E-state index in [0.29, 0.717) is 11.5 Å². The van der Waals surface area contributed by atoms with Crippen LogP contribution in [0.25, 0.3) is 33.3 Å². The Balaban J connectivity index is 0.000000242. The van der Waals surface area contributed by atoms with Crippen molar-refractivity contribution in [3.8, 4) is 11.5 Å². The van der Waals surface area contributed by atoms with Crippen LogP contribution in [0.2, 0.25) is 0 Å². The number of para-hydroxylation sites is 2. The molecule has 3 aromatic carbocycles. The number of oxazole rings is 1. The van der Waals surface area contributed by atoms with Gasteiger partial charge in [0, 0.05) is 5.56 Å². The highest BCUT2D eigenvalue weighted by Crippen LogP contribution is 2.26. The lowest BCUT2D eigenvalue weighted by molar-refractivity contribution is -0.144. The number of carboxylic acids is 1. The van der Waals surface area contributed by atoms with Crippen LogP contribution in [0.3, 0.4) is 0 Å². The summed E-state index contributed by atoms with van der Waals surface area (Å²) in [4.78, 5) is 14.8. The van der Waals surface area contributed by atoms with E-state index >= 15 is 0 Å². The molecule has 0 aliphatic heterocycles. The summed E-state index contributed by atoms with van der Waals surface area (Å²) in [5.74, 6) is -0.553. The Morgan fingerprint density at radius 3 is 2.25 bits per heavy atom. The minimum atomic E-state index is -1.41. The molecular formula is C27H29NO4. The third kappa shape index (κ3) is 6.15. The topological polar surface area (TPSA) is 83.6 Å². The number of rotatable bonds is 4. The lowest BCUT2D eigenvalue weighted by Gasteiger charge is -2.04. The number of carbonyl (C=O) groups is 1. The summed E-state index contributed by atoms with van der Waals surface area (Å²) in [6.45, 7) is 7.44. The highest BCUT2D eigenvalue weighted by Gasteiger charge is 2.15. The van der Waals surface area contributed by atoms with Gasteiger partial charge in [0.15, 0.2) is 11.7 Å². The van der Waals surface area contributed by atoms with Crippen molar-refractivity contribution in [3.05, 3.63) is 90.5 Å². The summed E-state index contributed by atoms with van der Waals surface area (Å²) in [5.41, 5.74) is 3.13. The fraction of sp³-hybridized carbons (Fsp3) is 0.185. The van der Waals surface area contributed by atoms with Gasteiger partial charge < -0.3 is 14.6 Å². The van der Waals surface area contributed by atoms with Crippen LogP contribution in [-0.2, 0) is 4.79 Å². The van der Waals surface area contributed by atoms with Crippen molar-refractivity contribution in [2.45, 2.75) is 33.8 Å². The van der Waals surface area contributed by atoms with Gasteiger partial charge in [0.1, 0.15) is 5.52 Å². The van der Waals surface area contributed by atoms with E-state index < -0.39 is 12.1 Å². The summed E-state index contributed by atoms with van der Waals surface area (Å²) >= 11 is 0. The molecule has 1 unspecified atom stereocenters. The van der Waals surface area contributed by atoms with E-state index in [1.807, 2.05) is 56.3 Å². The second-order valence-corrected chi connectivity index (χ2v) is 6.58. The van der Waals surface area contributed by atoms with E-state index in [1.54, 1.807) is 32.1 Å². The molecule has 1 heterocycles. The smallest absolute Gasteiger partial charge is 0.337 e. The number of aromatic nitrogens is 1. The van der Waals surface area contributed by atoms with E-state index in [-0.39, 0.29) is 0 Å². The average Bonchev–Trinajstić information content (AvgIpc) is 3.28. The van der Waals surface area contributed by atoms with Crippen LogP contribution in [0.1, 0.15) is 27.7 Å². The molecule has 5 heteroatoms. The number of aliphatic carboxylic acids is 1. The van der Waals surface area contributed by atoms with E-state index in [0.717, 1.165) is 16.7 Å². The van der Waals surface area contributed by atoms with E-state index in [2.05, 4.69) is 29.2 Å². The molecule has 0 aliphatic carbocycles. The summed E-state index contributed by atoms with van der Waals surface area (Å²) in [7, 11) is 0. The predicted octanol–water partition coefficient (Wildman–Crippen LogP) is 6.63. The first kappa shape index (κ1) is 24.6. The lowest BCUT2D eigenvalue weighted by atomic mass is 10.1. The number of hydrogen-bond donors (Lipinski definition) is 2. The molecule has 0 bridgehead atoms. The number of allylic oxidation sites excluding steroid dienone is 2. The maximum absolute atomic E-state index is 10.2. The van der Waals surface area contributed by atoms with Crippen molar-refractivity contribution in [3.63, 3.8) is 0 Å². The van der Waals surface area contributed by atoms with Crippen LogP contribution >= 0.6 is 0 Å². The molecular weight excluding hydrogens is 402 g/mol. The summed E-state index contributed by atoms with van der Waals surface area (Å²) in [5, 5.41) is 19.8. The minimum Gasteiger partial charge on any atom is -0.479 e. The quantitative estimate of drug-likeness (QED) is 0.354. The standard InChI is InChI=1S/C17H11NO.C8H12O3.C2H6/c1-2-6-13-11-14(10-9-12(13)5-1)17-18-15-7-3-4-8-16(15)19-17;1-3-5-6(4-2)7(9)8(10)11;1-2/h1-11H;3-5,7,9H,1-2H3,(H,10,11);1-2H3/b;5-3-,6-4+;. The van der Waals surface area contributed by atoms with Gasteiger partial charge in [-0.3, -0.25) is 0 Å². The van der Waals surface area contributed by atoms with Crippen LogP contribution in [0.5, 0.6) is 0 Å². The Morgan fingerprint density at radius 1 is 0.969 bits per heavy atom. The van der Waals surface area contributed by atoms with E-state index in [9.17, 15) is 4.79 Å². The number of hydrogen-bond acceptors (Lipinski definition) is 4. The fourth-order valence-electron chi connectivity index (χ4n) is 3.00. The molecule has 0 radical (unpaired) electrons. The molecule has 0 fully saturated rings. The van der Waals surface area contributed by atoms with Crippen molar-refractivity contribution in [2.24, 2.45) is 0 Å². The van der Waals surface area contributed by atoms with E-state index in [4.69, 9.17) is 14.6 Å². The van der Waals surface area contributed by atoms with Crippen LogP contribution in [0, 0.1) is 0 Å². The van der Waals surface area contributed by atoms with Crippen molar-refractivity contribution < 1.29 is 19.4 Å². The first-order chi connectivity index (χ1) is 15.5. The SMILES string of the molecule is C/C=C\C(=C/C)C(O)C(=O)O.CC.c1ccc2cc(-c3nc4ccccc4o3)ccc2c1. The highest BCUT2D eigenvalue weighted by atomic mass is 16.4. The molecule has 1 atom stereocenters. The molecule has 0 amide bonds. The minimum absolute atomic E-state index is 0.403. The number of aliphatic hydroxyl groups excluding tert-OH is 1. The van der Waals surface area contributed by atoms with Gasteiger partial charge in [0.05, 0.1) is 0 Å². The third-order valence-electron chi connectivity index (χ3n) is 4.53. The van der Waals surface area contributed by atoms with Crippen molar-refractivity contribution in [1.82, 2.24) is 4.98 Å². The monoisotopic (exact) mass is 431 g/mol. The van der Waals surface area contributed by atoms with Gasteiger partial charge in [-0.15, -0.1) is 0 Å². The zero-order valence-electron chi connectivity index (χ0n) is 18.8. The van der Waals surface area contributed by atoms with Crippen molar-refractivity contribution in [2.75, 3.05) is 0 Å². The Labute approximate surface area is 188 Å². The molecule has 0 saturated heterocycles. The number of aliphatic hydroxyl groups is 1. The molecule has 0 spiro atoms. The van der Waals surface area contributed by atoms with Crippen LogP contribution in [0.4, 0.5) is 0 Å². The predicted molar refractivity (Wildman–Crippen MR) is 131 cm³/mol. The molecule has 5 nitrogen and oxygen atoms in total.